The molecule has 0 fully saturated rings. The zero-order chi connectivity index (χ0) is 15.6. The average molecular weight is 302 g/mol. The molecule has 0 aliphatic rings. The number of aldehydes is 1. The first kappa shape index (κ1) is 15.8. The first-order chi connectivity index (χ1) is 9.81. The van der Waals surface area contributed by atoms with Gasteiger partial charge in [0.25, 0.3) is 0 Å². The Bertz CT molecular complexity index is 621. The van der Waals surface area contributed by atoms with Crippen LogP contribution >= 0.6 is 11.8 Å². The van der Waals surface area contributed by atoms with Gasteiger partial charge in [-0.3, -0.25) is 9.48 Å². The largest absolute Gasteiger partial charge is 0.298 e. The smallest absolute Gasteiger partial charge is 0.153 e. The van der Waals surface area contributed by atoms with Crippen LogP contribution in [0.1, 0.15) is 45.0 Å². The van der Waals surface area contributed by atoms with Crippen molar-refractivity contribution in [2.45, 2.75) is 50.3 Å². The van der Waals surface area contributed by atoms with Crippen LogP contribution in [0.4, 0.5) is 0 Å². The number of hydrogen-bond acceptors (Lipinski definition) is 3. The molecule has 2 aromatic rings. The van der Waals surface area contributed by atoms with Gasteiger partial charge in [0.1, 0.15) is 5.69 Å². The molecule has 0 bridgehead atoms. The summed E-state index contributed by atoms with van der Waals surface area (Å²) < 4.78 is 1.85. The molecule has 1 aromatic carbocycles. The van der Waals surface area contributed by atoms with Gasteiger partial charge in [0.2, 0.25) is 0 Å². The van der Waals surface area contributed by atoms with Crippen molar-refractivity contribution < 1.29 is 4.79 Å². The van der Waals surface area contributed by atoms with E-state index in [2.05, 4.69) is 51.9 Å². The van der Waals surface area contributed by atoms with E-state index in [4.69, 9.17) is 0 Å². The van der Waals surface area contributed by atoms with Gasteiger partial charge in [-0.2, -0.15) is 5.10 Å². The molecule has 0 aliphatic heterocycles. The van der Waals surface area contributed by atoms with Crippen LogP contribution in [0.5, 0.6) is 0 Å². The molecule has 0 saturated carbocycles. The summed E-state index contributed by atoms with van der Waals surface area (Å²) in [4.78, 5) is 12.5. The van der Waals surface area contributed by atoms with E-state index in [1.807, 2.05) is 34.8 Å². The number of rotatable bonds is 4. The van der Waals surface area contributed by atoms with Gasteiger partial charge >= 0.3 is 0 Å². The Balaban J connectivity index is 2.37. The van der Waals surface area contributed by atoms with Crippen LogP contribution < -0.4 is 0 Å². The molecule has 0 saturated heterocycles. The topological polar surface area (TPSA) is 34.9 Å². The predicted molar refractivity (Wildman–Crippen MR) is 89.0 cm³/mol. The third-order valence-corrected chi connectivity index (χ3v) is 4.07. The Morgan fingerprint density at radius 2 is 1.81 bits per heavy atom. The Hall–Kier alpha value is -1.55. The highest BCUT2D eigenvalue weighted by Crippen LogP contribution is 2.28. The predicted octanol–water partition coefficient (Wildman–Crippen LogP) is 4.62. The molecule has 21 heavy (non-hydrogen) atoms. The van der Waals surface area contributed by atoms with E-state index in [-0.39, 0.29) is 5.54 Å². The lowest BCUT2D eigenvalue weighted by molar-refractivity contribution is 0.112. The molecule has 0 spiro atoms. The number of hydrogen-bond donors (Lipinski definition) is 0. The monoisotopic (exact) mass is 302 g/mol. The molecule has 0 aliphatic carbocycles. The molecule has 3 nitrogen and oxygen atoms in total. The maximum absolute atomic E-state index is 11.3. The van der Waals surface area contributed by atoms with E-state index in [1.54, 1.807) is 0 Å². The average Bonchev–Trinajstić information content (AvgIpc) is 2.83. The van der Waals surface area contributed by atoms with Gasteiger partial charge < -0.3 is 0 Å². The zero-order valence-electron chi connectivity index (χ0n) is 13.3. The number of thioether (sulfide) groups is 1. The highest BCUT2D eigenvalue weighted by Gasteiger charge is 2.18. The summed E-state index contributed by atoms with van der Waals surface area (Å²) in [6.45, 7) is 10.6. The molecule has 1 heterocycles. The van der Waals surface area contributed by atoms with Crippen molar-refractivity contribution in [2.75, 3.05) is 0 Å². The van der Waals surface area contributed by atoms with Crippen molar-refractivity contribution in [3.05, 3.63) is 36.0 Å². The molecule has 0 radical (unpaired) electrons. The second kappa shape index (κ2) is 6.06. The van der Waals surface area contributed by atoms with Gasteiger partial charge in [-0.25, -0.2) is 0 Å². The van der Waals surface area contributed by atoms with E-state index in [1.165, 1.54) is 4.90 Å². The summed E-state index contributed by atoms with van der Waals surface area (Å²) in [5, 5.41) is 5.15. The van der Waals surface area contributed by atoms with Crippen molar-refractivity contribution >= 4 is 18.0 Å². The molecule has 4 heteroatoms. The lowest BCUT2D eigenvalue weighted by Gasteiger charge is -2.18. The zero-order valence-corrected chi connectivity index (χ0v) is 14.1. The summed E-state index contributed by atoms with van der Waals surface area (Å²) in [6.07, 6.45) is 2.69. The van der Waals surface area contributed by atoms with Gasteiger partial charge in [0.15, 0.2) is 6.29 Å². The maximum atomic E-state index is 11.3. The molecule has 0 atom stereocenters. The summed E-state index contributed by atoms with van der Waals surface area (Å²) in [7, 11) is 0. The number of aromatic nitrogens is 2. The molecule has 0 unspecified atom stereocenters. The van der Waals surface area contributed by atoms with Crippen LogP contribution in [0.2, 0.25) is 0 Å². The fourth-order valence-electron chi connectivity index (χ4n) is 2.01. The number of carbonyl (C=O) groups is 1. The van der Waals surface area contributed by atoms with Gasteiger partial charge in [-0.1, -0.05) is 26.0 Å². The summed E-state index contributed by atoms with van der Waals surface area (Å²) in [5.41, 5.74) is 2.23. The van der Waals surface area contributed by atoms with Crippen molar-refractivity contribution in [1.29, 1.82) is 0 Å². The van der Waals surface area contributed by atoms with Crippen molar-refractivity contribution in [3.63, 3.8) is 0 Å². The normalized spacial score (nSPS) is 11.9. The molecule has 0 amide bonds. The third-order valence-electron chi connectivity index (χ3n) is 3.06. The first-order valence-electron chi connectivity index (χ1n) is 7.13. The molecule has 2 rings (SSSR count). The lowest BCUT2D eigenvalue weighted by atomic mass is 10.1. The molecule has 1 aromatic heterocycles. The van der Waals surface area contributed by atoms with Gasteiger partial charge in [-0.15, -0.1) is 11.8 Å². The van der Waals surface area contributed by atoms with Crippen LogP contribution in [0.3, 0.4) is 0 Å². The number of nitrogens with zero attached hydrogens (tertiary/aromatic N) is 2. The third kappa shape index (κ3) is 3.76. The maximum Gasteiger partial charge on any atom is 0.153 e. The van der Waals surface area contributed by atoms with E-state index >= 15 is 0 Å². The van der Waals surface area contributed by atoms with Crippen LogP contribution in [0.15, 0.2) is 35.4 Å². The van der Waals surface area contributed by atoms with E-state index in [0.717, 1.165) is 17.5 Å². The number of carbonyl (C=O) groups excluding carboxylic acids is 1. The van der Waals surface area contributed by atoms with Crippen molar-refractivity contribution in [2.24, 2.45) is 0 Å². The summed E-state index contributed by atoms with van der Waals surface area (Å²) in [5.74, 6) is 0. The van der Waals surface area contributed by atoms with Gasteiger partial charge in [0.05, 0.1) is 11.1 Å². The second-order valence-corrected chi connectivity index (χ2v) is 8.01. The van der Waals surface area contributed by atoms with Crippen LogP contribution in [-0.4, -0.2) is 21.3 Å². The van der Waals surface area contributed by atoms with Crippen LogP contribution in [-0.2, 0) is 5.54 Å². The van der Waals surface area contributed by atoms with E-state index < -0.39 is 0 Å². The van der Waals surface area contributed by atoms with Crippen molar-refractivity contribution in [3.8, 4) is 11.3 Å². The molecular formula is C17H22N2OS. The highest BCUT2D eigenvalue weighted by atomic mass is 32.2. The lowest BCUT2D eigenvalue weighted by Crippen LogP contribution is -2.22. The second-order valence-electron chi connectivity index (χ2n) is 6.36. The van der Waals surface area contributed by atoms with Crippen LogP contribution in [0, 0.1) is 0 Å². The van der Waals surface area contributed by atoms with Crippen LogP contribution in [0.25, 0.3) is 11.3 Å². The van der Waals surface area contributed by atoms with Gasteiger partial charge in [-0.05, 0) is 32.9 Å². The van der Waals surface area contributed by atoms with E-state index in [0.29, 0.717) is 10.8 Å². The van der Waals surface area contributed by atoms with Gasteiger partial charge in [0, 0.05) is 21.9 Å². The Morgan fingerprint density at radius 1 is 1.19 bits per heavy atom. The standard InChI is InChI=1S/C17H22N2OS/c1-12(2)21-15-8-6-13(7-9-15)16-14(11-20)10-19(18-16)17(3,4)5/h6-12H,1-5H3. The Morgan fingerprint density at radius 3 is 2.29 bits per heavy atom. The first-order valence-corrected chi connectivity index (χ1v) is 8.01. The SMILES string of the molecule is CC(C)Sc1ccc(-c2nn(C(C)(C)C)cc2C=O)cc1. The number of benzene rings is 1. The fourth-order valence-corrected chi connectivity index (χ4v) is 2.84. The summed E-state index contributed by atoms with van der Waals surface area (Å²) >= 11 is 1.83. The summed E-state index contributed by atoms with van der Waals surface area (Å²) in [6, 6.07) is 8.25. The Kier molecular flexibility index (Phi) is 4.57. The fraction of sp³-hybridized carbons (Fsp3) is 0.412. The minimum atomic E-state index is -0.135. The molecule has 0 N–H and O–H groups in total. The van der Waals surface area contributed by atoms with E-state index in [9.17, 15) is 4.79 Å². The Labute approximate surface area is 130 Å². The minimum absolute atomic E-state index is 0.135. The van der Waals surface area contributed by atoms with Crippen molar-refractivity contribution in [1.82, 2.24) is 9.78 Å². The quantitative estimate of drug-likeness (QED) is 0.610. The highest BCUT2D eigenvalue weighted by molar-refractivity contribution is 7.99. The molecule has 112 valence electrons. The minimum Gasteiger partial charge on any atom is -0.298 e. The molecular weight excluding hydrogens is 280 g/mol.